The van der Waals surface area contributed by atoms with Crippen molar-refractivity contribution >= 4 is 21.7 Å². The third-order valence-corrected chi connectivity index (χ3v) is 3.45. The maximum absolute atomic E-state index is 13.0. The van der Waals surface area contributed by atoms with Gasteiger partial charge in [-0.1, -0.05) is 22.0 Å². The van der Waals surface area contributed by atoms with Gasteiger partial charge in [-0.05, 0) is 29.8 Å². The number of nitrogens with zero attached hydrogens (tertiary/aromatic N) is 1. The molecule has 0 atom stereocenters. The molecule has 0 fully saturated rings. The summed E-state index contributed by atoms with van der Waals surface area (Å²) in [6, 6.07) is 8.38. The van der Waals surface area contributed by atoms with Crippen LogP contribution in [0.25, 0.3) is 0 Å². The van der Waals surface area contributed by atoms with Crippen LogP contribution in [0.1, 0.15) is 5.56 Å². The Morgan fingerprint density at radius 3 is 2.84 bits per heavy atom. The van der Waals surface area contributed by atoms with E-state index in [2.05, 4.69) is 26.2 Å². The normalized spacial score (nSPS) is 12.5. The van der Waals surface area contributed by atoms with E-state index in [1.54, 1.807) is 12.1 Å². The van der Waals surface area contributed by atoms with Crippen LogP contribution < -0.4 is 14.8 Å². The van der Waals surface area contributed by atoms with Crippen LogP contribution in [0.5, 0.6) is 11.5 Å². The van der Waals surface area contributed by atoms with Crippen molar-refractivity contribution in [3.63, 3.8) is 0 Å². The highest BCUT2D eigenvalue weighted by Crippen LogP contribution is 2.37. The highest BCUT2D eigenvalue weighted by molar-refractivity contribution is 9.10. The first kappa shape index (κ1) is 12.2. The fourth-order valence-corrected chi connectivity index (χ4v) is 2.25. The lowest BCUT2D eigenvalue weighted by atomic mass is 10.2. The number of aromatic nitrogens is 1. The molecule has 1 aliphatic rings. The smallest absolute Gasteiger partial charge is 0.231 e. The minimum Gasteiger partial charge on any atom is -0.454 e. The van der Waals surface area contributed by atoms with E-state index in [1.165, 1.54) is 6.07 Å². The predicted molar refractivity (Wildman–Crippen MR) is 71.8 cm³/mol. The van der Waals surface area contributed by atoms with Crippen LogP contribution in [-0.2, 0) is 6.54 Å². The number of nitrogens with one attached hydrogen (secondary N) is 1. The van der Waals surface area contributed by atoms with Gasteiger partial charge in [-0.15, -0.1) is 0 Å². The molecule has 1 aromatic heterocycles. The third kappa shape index (κ3) is 2.63. The molecule has 1 aliphatic heterocycles. The molecule has 0 spiro atoms. The topological polar surface area (TPSA) is 43.4 Å². The van der Waals surface area contributed by atoms with Crippen molar-refractivity contribution < 1.29 is 13.9 Å². The molecule has 0 amide bonds. The first-order valence-electron chi connectivity index (χ1n) is 5.67. The monoisotopic (exact) mass is 324 g/mol. The Hall–Kier alpha value is -1.82. The van der Waals surface area contributed by atoms with E-state index in [9.17, 15) is 4.39 Å². The average molecular weight is 325 g/mol. The lowest BCUT2D eigenvalue weighted by Crippen LogP contribution is -2.02. The second-order valence-electron chi connectivity index (χ2n) is 4.00. The molecule has 0 saturated carbocycles. The highest BCUT2D eigenvalue weighted by atomic mass is 79.9. The van der Waals surface area contributed by atoms with Gasteiger partial charge in [-0.3, -0.25) is 0 Å². The molecule has 3 rings (SSSR count). The maximum Gasteiger partial charge on any atom is 0.231 e. The Morgan fingerprint density at radius 1 is 1.26 bits per heavy atom. The lowest BCUT2D eigenvalue weighted by molar-refractivity contribution is 0.174. The zero-order valence-electron chi connectivity index (χ0n) is 9.82. The van der Waals surface area contributed by atoms with Crippen LogP contribution in [0.15, 0.2) is 34.8 Å². The van der Waals surface area contributed by atoms with Crippen LogP contribution in [0.3, 0.4) is 0 Å². The molecular weight excluding hydrogens is 315 g/mol. The molecule has 4 nitrogen and oxygen atoms in total. The van der Waals surface area contributed by atoms with Gasteiger partial charge in [-0.25, -0.2) is 4.98 Å². The lowest BCUT2D eigenvalue weighted by Gasteiger charge is -2.08. The molecule has 0 radical (unpaired) electrons. The summed E-state index contributed by atoms with van der Waals surface area (Å²) in [5.74, 6) is 1.42. The fraction of sp³-hybridized carbons (Fsp3) is 0.154. The van der Waals surface area contributed by atoms with Crippen molar-refractivity contribution in [2.75, 3.05) is 12.1 Å². The Balaban J connectivity index is 1.77. The fourth-order valence-electron chi connectivity index (χ4n) is 1.79. The van der Waals surface area contributed by atoms with E-state index >= 15 is 0 Å². The van der Waals surface area contributed by atoms with Gasteiger partial charge in [0.2, 0.25) is 12.7 Å². The Bertz CT molecular complexity index is 622. The zero-order valence-corrected chi connectivity index (χ0v) is 11.4. The summed E-state index contributed by atoms with van der Waals surface area (Å²) in [6.45, 7) is 0.748. The first-order valence-corrected chi connectivity index (χ1v) is 6.46. The minimum atomic E-state index is -0.505. The molecule has 2 heterocycles. The number of ether oxygens (including phenoxy) is 2. The molecule has 0 bridgehead atoms. The van der Waals surface area contributed by atoms with Crippen molar-refractivity contribution in [3.8, 4) is 11.5 Å². The quantitative estimate of drug-likeness (QED) is 0.879. The van der Waals surface area contributed by atoms with Gasteiger partial charge in [0.05, 0.1) is 0 Å². The molecule has 0 saturated heterocycles. The number of pyridine rings is 1. The standard InChI is InChI=1S/C13H10BrFN2O2/c14-9-5-11-10(18-7-19-11)4-8(9)6-16-13-3-1-2-12(15)17-13/h1-5H,6-7H2,(H,16,17). The van der Waals surface area contributed by atoms with Gasteiger partial charge in [0.15, 0.2) is 11.5 Å². The van der Waals surface area contributed by atoms with Gasteiger partial charge in [0.25, 0.3) is 0 Å². The van der Waals surface area contributed by atoms with Gasteiger partial charge in [0.1, 0.15) is 5.82 Å². The summed E-state index contributed by atoms with van der Waals surface area (Å²) in [4.78, 5) is 3.74. The van der Waals surface area contributed by atoms with E-state index < -0.39 is 5.95 Å². The van der Waals surface area contributed by atoms with E-state index in [0.717, 1.165) is 15.8 Å². The summed E-state index contributed by atoms with van der Waals surface area (Å²) in [7, 11) is 0. The second kappa shape index (κ2) is 5.05. The van der Waals surface area contributed by atoms with E-state index in [-0.39, 0.29) is 6.79 Å². The first-order chi connectivity index (χ1) is 9.22. The highest BCUT2D eigenvalue weighted by Gasteiger charge is 2.16. The average Bonchev–Trinajstić information content (AvgIpc) is 2.83. The molecule has 1 aromatic carbocycles. The van der Waals surface area contributed by atoms with Crippen LogP contribution in [0.4, 0.5) is 10.2 Å². The molecule has 98 valence electrons. The minimum absolute atomic E-state index is 0.240. The van der Waals surface area contributed by atoms with Gasteiger partial charge in [-0.2, -0.15) is 4.39 Å². The van der Waals surface area contributed by atoms with Gasteiger partial charge in [0, 0.05) is 11.0 Å². The number of hydrogen-bond donors (Lipinski definition) is 1. The number of fused-ring (bicyclic) bond motifs is 1. The van der Waals surface area contributed by atoms with Crippen LogP contribution in [0.2, 0.25) is 0 Å². The number of anilines is 1. The summed E-state index contributed by atoms with van der Waals surface area (Å²) < 4.78 is 24.5. The van der Waals surface area contributed by atoms with Gasteiger partial charge >= 0.3 is 0 Å². The molecule has 0 unspecified atom stereocenters. The summed E-state index contributed by atoms with van der Waals surface area (Å²) in [5.41, 5.74) is 0.982. The Labute approximate surface area is 117 Å². The van der Waals surface area contributed by atoms with E-state index in [4.69, 9.17) is 9.47 Å². The van der Waals surface area contributed by atoms with Crippen molar-refractivity contribution in [1.82, 2.24) is 4.98 Å². The Kier molecular flexibility index (Phi) is 3.25. The van der Waals surface area contributed by atoms with Crippen molar-refractivity contribution in [2.45, 2.75) is 6.54 Å². The number of hydrogen-bond acceptors (Lipinski definition) is 4. The molecule has 2 aromatic rings. The molecule has 1 N–H and O–H groups in total. The van der Waals surface area contributed by atoms with Crippen molar-refractivity contribution in [3.05, 3.63) is 46.3 Å². The van der Waals surface area contributed by atoms with E-state index in [0.29, 0.717) is 18.1 Å². The van der Waals surface area contributed by atoms with Crippen LogP contribution >= 0.6 is 15.9 Å². The third-order valence-electron chi connectivity index (χ3n) is 2.72. The second-order valence-corrected chi connectivity index (χ2v) is 4.85. The molecule has 19 heavy (non-hydrogen) atoms. The molecule has 0 aliphatic carbocycles. The van der Waals surface area contributed by atoms with E-state index in [1.807, 2.05) is 12.1 Å². The zero-order chi connectivity index (χ0) is 13.2. The van der Waals surface area contributed by atoms with Crippen molar-refractivity contribution in [1.29, 1.82) is 0 Å². The number of benzene rings is 1. The van der Waals surface area contributed by atoms with Crippen LogP contribution in [-0.4, -0.2) is 11.8 Å². The summed E-state index contributed by atoms with van der Waals surface area (Å²) in [6.07, 6.45) is 0. The summed E-state index contributed by atoms with van der Waals surface area (Å²) >= 11 is 3.47. The molecule has 6 heteroatoms. The number of halogens is 2. The van der Waals surface area contributed by atoms with Gasteiger partial charge < -0.3 is 14.8 Å². The summed E-state index contributed by atoms with van der Waals surface area (Å²) in [5, 5.41) is 3.06. The van der Waals surface area contributed by atoms with Crippen molar-refractivity contribution in [2.24, 2.45) is 0 Å². The predicted octanol–water partition coefficient (Wildman–Crippen LogP) is 3.32. The largest absolute Gasteiger partial charge is 0.454 e. The number of rotatable bonds is 3. The Morgan fingerprint density at radius 2 is 2.05 bits per heavy atom. The van der Waals surface area contributed by atoms with Crippen LogP contribution in [0, 0.1) is 5.95 Å². The maximum atomic E-state index is 13.0. The molecular formula is C13H10BrFN2O2. The SMILES string of the molecule is Fc1cccc(NCc2cc3c(cc2Br)OCO3)n1.